The van der Waals surface area contributed by atoms with E-state index in [0.29, 0.717) is 48.9 Å². The summed E-state index contributed by atoms with van der Waals surface area (Å²) in [4.78, 5) is 27.2. The van der Waals surface area contributed by atoms with Gasteiger partial charge in [-0.2, -0.15) is 0 Å². The fraction of sp³-hybridized carbons (Fsp3) is 0.440. The number of nitrogens with one attached hydrogen (secondary N) is 1. The van der Waals surface area contributed by atoms with Crippen LogP contribution in [-0.2, 0) is 11.3 Å². The topological polar surface area (TPSA) is 77.1 Å². The molecule has 2 aromatic rings. The molecule has 7 heteroatoms. The van der Waals surface area contributed by atoms with E-state index in [-0.39, 0.29) is 17.7 Å². The van der Waals surface area contributed by atoms with Gasteiger partial charge in [-0.1, -0.05) is 29.8 Å². The number of hydrogen-bond acceptors (Lipinski definition) is 5. The van der Waals surface area contributed by atoms with E-state index in [1.54, 1.807) is 12.1 Å². The minimum atomic E-state index is -0.0772. The first kappa shape index (κ1) is 23.4. The maximum absolute atomic E-state index is 13.0. The number of carbonyl (C=O) groups is 2. The fourth-order valence-electron chi connectivity index (χ4n) is 4.08. The van der Waals surface area contributed by atoms with Crippen molar-refractivity contribution < 1.29 is 23.8 Å². The highest BCUT2D eigenvalue weighted by atomic mass is 16.5. The second-order valence-corrected chi connectivity index (χ2v) is 8.12. The Labute approximate surface area is 189 Å². The van der Waals surface area contributed by atoms with E-state index in [4.69, 9.17) is 14.2 Å². The Morgan fingerprint density at radius 3 is 2.22 bits per heavy atom. The average Bonchev–Trinajstić information content (AvgIpc) is 2.81. The molecule has 3 rings (SSSR count). The average molecular weight is 441 g/mol. The third kappa shape index (κ3) is 5.72. The molecule has 2 aromatic carbocycles. The first-order valence-corrected chi connectivity index (χ1v) is 10.9. The number of hydrogen-bond donors (Lipinski definition) is 1. The highest BCUT2D eigenvalue weighted by Crippen LogP contribution is 2.38. The molecule has 32 heavy (non-hydrogen) atoms. The van der Waals surface area contributed by atoms with Crippen LogP contribution in [0.1, 0.15) is 40.7 Å². The Kier molecular flexibility index (Phi) is 7.98. The van der Waals surface area contributed by atoms with Crippen LogP contribution in [0.2, 0.25) is 0 Å². The fourth-order valence-corrected chi connectivity index (χ4v) is 4.08. The predicted octanol–water partition coefficient (Wildman–Crippen LogP) is 3.58. The molecule has 1 aliphatic rings. The van der Waals surface area contributed by atoms with Crippen LogP contribution in [0, 0.1) is 12.8 Å². The van der Waals surface area contributed by atoms with Crippen LogP contribution in [0.15, 0.2) is 36.4 Å². The lowest BCUT2D eigenvalue weighted by Gasteiger charge is -2.32. The van der Waals surface area contributed by atoms with Gasteiger partial charge in [-0.05, 0) is 43.4 Å². The largest absolute Gasteiger partial charge is 0.493 e. The molecular weight excluding hydrogens is 408 g/mol. The van der Waals surface area contributed by atoms with Crippen molar-refractivity contribution in [2.75, 3.05) is 34.4 Å². The molecule has 0 spiro atoms. The SMILES string of the molecule is COc1cc(C(=O)N2CCC(CC(=O)NCc3cccc(C)c3)CC2)cc(OC)c1OC. The summed E-state index contributed by atoms with van der Waals surface area (Å²) in [5.74, 6) is 1.62. The monoisotopic (exact) mass is 440 g/mol. The minimum absolute atomic E-state index is 0.0564. The Morgan fingerprint density at radius 1 is 1.00 bits per heavy atom. The summed E-state index contributed by atoms with van der Waals surface area (Å²) in [5, 5.41) is 3.01. The van der Waals surface area contributed by atoms with Gasteiger partial charge in [-0.3, -0.25) is 9.59 Å². The molecule has 0 radical (unpaired) electrons. The van der Waals surface area contributed by atoms with Gasteiger partial charge in [0.15, 0.2) is 11.5 Å². The van der Waals surface area contributed by atoms with Crippen molar-refractivity contribution >= 4 is 11.8 Å². The summed E-state index contributed by atoms with van der Waals surface area (Å²) in [6.45, 7) is 3.81. The molecule has 2 amide bonds. The molecule has 0 aliphatic carbocycles. The summed E-state index contributed by atoms with van der Waals surface area (Å²) in [7, 11) is 4.59. The second-order valence-electron chi connectivity index (χ2n) is 8.12. The van der Waals surface area contributed by atoms with Gasteiger partial charge in [0, 0.05) is 31.6 Å². The van der Waals surface area contributed by atoms with Crippen LogP contribution < -0.4 is 19.5 Å². The van der Waals surface area contributed by atoms with Crippen LogP contribution in [0.25, 0.3) is 0 Å². The van der Waals surface area contributed by atoms with Crippen LogP contribution >= 0.6 is 0 Å². The number of rotatable bonds is 8. The van der Waals surface area contributed by atoms with Gasteiger partial charge in [-0.25, -0.2) is 0 Å². The Hall–Kier alpha value is -3.22. The molecule has 0 bridgehead atoms. The van der Waals surface area contributed by atoms with Crippen molar-refractivity contribution in [3.63, 3.8) is 0 Å². The molecule has 1 saturated heterocycles. The third-order valence-electron chi connectivity index (χ3n) is 5.86. The Balaban J connectivity index is 1.53. The number of nitrogens with zero attached hydrogens (tertiary/aromatic N) is 1. The third-order valence-corrected chi connectivity index (χ3v) is 5.86. The number of benzene rings is 2. The number of likely N-dealkylation sites (tertiary alicyclic amines) is 1. The molecule has 1 fully saturated rings. The van der Waals surface area contributed by atoms with Gasteiger partial charge in [-0.15, -0.1) is 0 Å². The van der Waals surface area contributed by atoms with Gasteiger partial charge in [0.1, 0.15) is 0 Å². The molecule has 1 aliphatic heterocycles. The summed E-state index contributed by atoms with van der Waals surface area (Å²) in [6.07, 6.45) is 2.08. The van der Waals surface area contributed by atoms with Crippen molar-refractivity contribution in [3.05, 3.63) is 53.1 Å². The Bertz CT molecular complexity index is 926. The van der Waals surface area contributed by atoms with Gasteiger partial charge in [0.2, 0.25) is 11.7 Å². The summed E-state index contributed by atoms with van der Waals surface area (Å²) in [6, 6.07) is 11.5. The standard InChI is InChI=1S/C25H32N2O5/c1-17-6-5-7-19(12-17)16-26-23(28)13-18-8-10-27(11-9-18)25(29)20-14-21(30-2)24(32-4)22(15-20)31-3/h5-7,12,14-15,18H,8-11,13,16H2,1-4H3,(H,26,28). The lowest BCUT2D eigenvalue weighted by Crippen LogP contribution is -2.39. The van der Waals surface area contributed by atoms with Crippen LogP contribution in [0.5, 0.6) is 17.2 Å². The Morgan fingerprint density at radius 2 is 1.66 bits per heavy atom. The number of carbonyl (C=O) groups excluding carboxylic acids is 2. The zero-order valence-corrected chi connectivity index (χ0v) is 19.3. The second kappa shape index (κ2) is 10.9. The number of aryl methyl sites for hydroxylation is 1. The lowest BCUT2D eigenvalue weighted by molar-refractivity contribution is -0.122. The van der Waals surface area contributed by atoms with Crippen molar-refractivity contribution in [1.29, 1.82) is 0 Å². The highest BCUT2D eigenvalue weighted by Gasteiger charge is 2.26. The molecule has 0 unspecified atom stereocenters. The zero-order valence-electron chi connectivity index (χ0n) is 19.3. The van der Waals surface area contributed by atoms with Crippen molar-refractivity contribution in [2.24, 2.45) is 5.92 Å². The van der Waals surface area contributed by atoms with E-state index < -0.39 is 0 Å². The highest BCUT2D eigenvalue weighted by molar-refractivity contribution is 5.95. The first-order chi connectivity index (χ1) is 15.4. The summed E-state index contributed by atoms with van der Waals surface area (Å²) >= 11 is 0. The van der Waals surface area contributed by atoms with E-state index >= 15 is 0 Å². The van der Waals surface area contributed by atoms with E-state index in [0.717, 1.165) is 18.4 Å². The molecule has 0 aromatic heterocycles. The molecule has 1 heterocycles. The van der Waals surface area contributed by atoms with Crippen LogP contribution in [0.4, 0.5) is 0 Å². The molecule has 0 atom stereocenters. The van der Waals surface area contributed by atoms with Gasteiger partial charge in [0.05, 0.1) is 21.3 Å². The summed E-state index contributed by atoms with van der Waals surface area (Å²) < 4.78 is 16.0. The van der Waals surface area contributed by atoms with E-state index in [1.807, 2.05) is 30.0 Å². The zero-order chi connectivity index (χ0) is 23.1. The number of amides is 2. The number of piperidine rings is 1. The van der Waals surface area contributed by atoms with Crippen LogP contribution in [0.3, 0.4) is 0 Å². The smallest absolute Gasteiger partial charge is 0.254 e. The summed E-state index contributed by atoms with van der Waals surface area (Å²) in [5.41, 5.74) is 2.78. The first-order valence-electron chi connectivity index (χ1n) is 10.9. The molecule has 7 nitrogen and oxygen atoms in total. The van der Waals surface area contributed by atoms with E-state index in [2.05, 4.69) is 11.4 Å². The van der Waals surface area contributed by atoms with E-state index in [9.17, 15) is 9.59 Å². The van der Waals surface area contributed by atoms with Gasteiger partial charge < -0.3 is 24.4 Å². The molecule has 172 valence electrons. The minimum Gasteiger partial charge on any atom is -0.493 e. The normalized spacial score (nSPS) is 14.1. The quantitative estimate of drug-likeness (QED) is 0.679. The lowest BCUT2D eigenvalue weighted by atomic mass is 9.92. The van der Waals surface area contributed by atoms with Crippen LogP contribution in [-0.4, -0.2) is 51.1 Å². The van der Waals surface area contributed by atoms with E-state index in [1.165, 1.54) is 26.9 Å². The number of methoxy groups -OCH3 is 3. The molecule has 0 saturated carbocycles. The maximum Gasteiger partial charge on any atom is 0.254 e. The predicted molar refractivity (Wildman–Crippen MR) is 122 cm³/mol. The van der Waals surface area contributed by atoms with Crippen molar-refractivity contribution in [3.8, 4) is 17.2 Å². The van der Waals surface area contributed by atoms with Crippen molar-refractivity contribution in [1.82, 2.24) is 10.2 Å². The number of ether oxygens (including phenoxy) is 3. The molecular formula is C25H32N2O5. The van der Waals surface area contributed by atoms with Gasteiger partial charge in [0.25, 0.3) is 5.91 Å². The van der Waals surface area contributed by atoms with Gasteiger partial charge >= 0.3 is 0 Å². The molecule has 1 N–H and O–H groups in total. The maximum atomic E-state index is 13.0. The van der Waals surface area contributed by atoms with Crippen molar-refractivity contribution in [2.45, 2.75) is 32.7 Å².